The van der Waals surface area contributed by atoms with E-state index in [-0.39, 0.29) is 11.9 Å². The second-order valence-electron chi connectivity index (χ2n) is 7.82. The van der Waals surface area contributed by atoms with Crippen LogP contribution in [0.3, 0.4) is 0 Å². The first kappa shape index (κ1) is 19.2. The molecule has 3 heterocycles. The van der Waals surface area contributed by atoms with E-state index < -0.39 is 0 Å². The van der Waals surface area contributed by atoms with Gasteiger partial charge in [-0.1, -0.05) is 0 Å². The first-order chi connectivity index (χ1) is 13.6. The molecule has 2 saturated heterocycles. The van der Waals surface area contributed by atoms with Crippen molar-refractivity contribution in [2.24, 2.45) is 13.0 Å². The highest BCUT2D eigenvalue weighted by Crippen LogP contribution is 2.23. The van der Waals surface area contributed by atoms with Crippen molar-refractivity contribution in [1.29, 1.82) is 0 Å². The molecule has 1 amide bonds. The van der Waals surface area contributed by atoms with Gasteiger partial charge in [0.25, 0.3) is 5.91 Å². The molecule has 1 N–H and O–H groups in total. The number of aromatic nitrogens is 2. The van der Waals surface area contributed by atoms with Crippen molar-refractivity contribution >= 4 is 22.9 Å². The monoisotopic (exact) mass is 387 g/mol. The van der Waals surface area contributed by atoms with Gasteiger partial charge in [-0.15, -0.1) is 0 Å². The predicted molar refractivity (Wildman–Crippen MR) is 108 cm³/mol. The van der Waals surface area contributed by atoms with Crippen LogP contribution >= 0.6 is 0 Å². The average Bonchev–Trinajstić information content (AvgIpc) is 2.79. The number of benzene rings is 1. The molecule has 152 valence electrons. The summed E-state index contributed by atoms with van der Waals surface area (Å²) in [5, 5.41) is 3.27. The number of nitrogens with zero attached hydrogens (tertiary/aromatic N) is 4. The van der Waals surface area contributed by atoms with Crippen molar-refractivity contribution in [2.45, 2.75) is 6.04 Å². The Morgan fingerprint density at radius 2 is 2.14 bits per heavy atom. The van der Waals surface area contributed by atoms with Crippen LogP contribution in [0.5, 0.6) is 0 Å². The summed E-state index contributed by atoms with van der Waals surface area (Å²) in [4.78, 5) is 22.2. The number of fused-ring (bicyclic) bond motifs is 4. The number of rotatable bonds is 5. The lowest BCUT2D eigenvalue weighted by Gasteiger charge is -2.29. The van der Waals surface area contributed by atoms with Gasteiger partial charge in [0.2, 0.25) is 5.95 Å². The summed E-state index contributed by atoms with van der Waals surface area (Å²) in [5.74, 6) is 1.21. The number of ether oxygens (including phenoxy) is 2. The Morgan fingerprint density at radius 3 is 2.96 bits per heavy atom. The summed E-state index contributed by atoms with van der Waals surface area (Å²) >= 11 is 0. The molecule has 2 bridgehead atoms. The number of hydrogen-bond donors (Lipinski definition) is 1. The van der Waals surface area contributed by atoms with Gasteiger partial charge < -0.3 is 24.3 Å². The van der Waals surface area contributed by atoms with Crippen LogP contribution in [0, 0.1) is 5.92 Å². The van der Waals surface area contributed by atoms with E-state index in [1.807, 2.05) is 34.7 Å². The Hall–Kier alpha value is -2.16. The van der Waals surface area contributed by atoms with Crippen molar-refractivity contribution in [2.75, 3.05) is 65.5 Å². The summed E-state index contributed by atoms with van der Waals surface area (Å²) in [7, 11) is 5.77. The van der Waals surface area contributed by atoms with E-state index in [0.29, 0.717) is 37.8 Å². The summed E-state index contributed by atoms with van der Waals surface area (Å²) in [5.41, 5.74) is 2.51. The van der Waals surface area contributed by atoms with Gasteiger partial charge in [0.1, 0.15) is 0 Å². The molecule has 8 nitrogen and oxygen atoms in total. The number of imidazole rings is 1. The minimum Gasteiger partial charge on any atom is -0.383 e. The molecule has 1 aromatic heterocycles. The molecule has 28 heavy (non-hydrogen) atoms. The van der Waals surface area contributed by atoms with Gasteiger partial charge in [-0.05, 0) is 25.2 Å². The highest BCUT2D eigenvalue weighted by atomic mass is 16.5. The number of amides is 1. The van der Waals surface area contributed by atoms with Crippen LogP contribution in [0.25, 0.3) is 11.0 Å². The van der Waals surface area contributed by atoms with E-state index in [2.05, 4.69) is 22.2 Å². The van der Waals surface area contributed by atoms with Crippen LogP contribution < -0.4 is 5.32 Å². The zero-order valence-electron chi connectivity index (χ0n) is 16.9. The van der Waals surface area contributed by atoms with Crippen molar-refractivity contribution in [3.05, 3.63) is 23.8 Å². The number of nitrogens with one attached hydrogen (secondary N) is 1. The van der Waals surface area contributed by atoms with Crippen LogP contribution in [-0.2, 0) is 16.5 Å². The van der Waals surface area contributed by atoms with Gasteiger partial charge in [0, 0.05) is 51.8 Å². The molecule has 4 rings (SSSR count). The van der Waals surface area contributed by atoms with Gasteiger partial charge in [-0.2, -0.15) is 0 Å². The highest BCUT2D eigenvalue weighted by Gasteiger charge is 2.33. The topological polar surface area (TPSA) is 71.9 Å². The van der Waals surface area contributed by atoms with Crippen LogP contribution in [0.2, 0.25) is 0 Å². The van der Waals surface area contributed by atoms with Gasteiger partial charge in [-0.25, -0.2) is 4.98 Å². The van der Waals surface area contributed by atoms with E-state index >= 15 is 0 Å². The van der Waals surface area contributed by atoms with Gasteiger partial charge in [0.05, 0.1) is 36.9 Å². The molecule has 2 fully saturated rings. The fraction of sp³-hybridized carbons (Fsp3) is 0.600. The van der Waals surface area contributed by atoms with Crippen molar-refractivity contribution in [3.8, 4) is 0 Å². The first-order valence-electron chi connectivity index (χ1n) is 9.83. The molecule has 0 unspecified atom stereocenters. The minimum atomic E-state index is 0.0774. The maximum Gasteiger partial charge on any atom is 0.253 e. The standard InChI is InChI=1S/C20H29N5O3/c1-23-9-14-10-25(11-16(23)13-28-12-14)19(26)15-4-5-18-17(8-15)22-20(24(18)2)21-6-7-27-3/h4-5,8,14,16H,6-7,9-13H2,1-3H3,(H,21,22)/t14-,16+/m1/s1. The molecule has 2 aromatic rings. The van der Waals surface area contributed by atoms with Crippen molar-refractivity contribution < 1.29 is 14.3 Å². The second-order valence-corrected chi connectivity index (χ2v) is 7.82. The smallest absolute Gasteiger partial charge is 0.253 e. The molecule has 0 radical (unpaired) electrons. The Kier molecular flexibility index (Phi) is 5.52. The zero-order chi connectivity index (χ0) is 19.7. The zero-order valence-corrected chi connectivity index (χ0v) is 16.9. The number of methoxy groups -OCH3 is 1. The molecule has 0 aliphatic carbocycles. The average molecular weight is 387 g/mol. The largest absolute Gasteiger partial charge is 0.383 e. The first-order valence-corrected chi connectivity index (χ1v) is 9.83. The number of anilines is 1. The third-order valence-electron chi connectivity index (χ3n) is 5.75. The molecular formula is C20H29N5O3. The predicted octanol–water partition coefficient (Wildman–Crippen LogP) is 1.03. The van der Waals surface area contributed by atoms with Crippen LogP contribution in [-0.4, -0.2) is 91.5 Å². The van der Waals surface area contributed by atoms with Crippen molar-refractivity contribution in [3.63, 3.8) is 0 Å². The lowest BCUT2D eigenvalue weighted by molar-refractivity contribution is 0.0434. The molecule has 8 heteroatoms. The molecule has 0 saturated carbocycles. The third-order valence-corrected chi connectivity index (χ3v) is 5.75. The lowest BCUT2D eigenvalue weighted by atomic mass is 10.1. The number of aryl methyl sites for hydroxylation is 1. The summed E-state index contributed by atoms with van der Waals surface area (Å²) in [6, 6.07) is 6.04. The number of carbonyl (C=O) groups is 1. The normalized spacial score (nSPS) is 23.0. The fourth-order valence-electron chi connectivity index (χ4n) is 4.15. The third kappa shape index (κ3) is 3.72. The quantitative estimate of drug-likeness (QED) is 0.773. The number of hydrogen-bond acceptors (Lipinski definition) is 6. The number of likely N-dealkylation sites (N-methyl/N-ethyl adjacent to an activating group) is 1. The Morgan fingerprint density at radius 1 is 1.29 bits per heavy atom. The summed E-state index contributed by atoms with van der Waals surface area (Å²) in [6.45, 7) is 5.13. The Bertz CT molecular complexity index is 852. The molecule has 2 aliphatic heterocycles. The van der Waals surface area contributed by atoms with Crippen LogP contribution in [0.1, 0.15) is 10.4 Å². The minimum absolute atomic E-state index is 0.0774. The summed E-state index contributed by atoms with van der Waals surface area (Å²) in [6.07, 6.45) is 0. The van der Waals surface area contributed by atoms with Gasteiger partial charge in [-0.3, -0.25) is 9.69 Å². The van der Waals surface area contributed by atoms with E-state index in [1.54, 1.807) is 7.11 Å². The maximum atomic E-state index is 13.2. The molecule has 0 spiro atoms. The summed E-state index contributed by atoms with van der Waals surface area (Å²) < 4.78 is 12.9. The molecule has 2 atom stereocenters. The Labute approximate surface area is 165 Å². The fourth-order valence-corrected chi connectivity index (χ4v) is 4.15. The Balaban J connectivity index is 1.55. The van der Waals surface area contributed by atoms with Gasteiger partial charge >= 0.3 is 0 Å². The number of carbonyl (C=O) groups excluding carboxylic acids is 1. The molecular weight excluding hydrogens is 358 g/mol. The maximum absolute atomic E-state index is 13.2. The van der Waals surface area contributed by atoms with Crippen LogP contribution in [0.15, 0.2) is 18.2 Å². The molecule has 2 aliphatic rings. The van der Waals surface area contributed by atoms with E-state index in [0.717, 1.165) is 36.7 Å². The second kappa shape index (κ2) is 8.06. The lowest BCUT2D eigenvalue weighted by Crippen LogP contribution is -2.44. The SMILES string of the molecule is COCCNc1nc2cc(C(=O)N3C[C@@H]4COC[C@H](C3)N(C)C4)ccc2n1C. The molecule has 1 aromatic carbocycles. The van der Waals surface area contributed by atoms with Gasteiger partial charge in [0.15, 0.2) is 0 Å². The van der Waals surface area contributed by atoms with E-state index in [4.69, 9.17) is 9.47 Å². The highest BCUT2D eigenvalue weighted by molar-refractivity contribution is 5.97. The van der Waals surface area contributed by atoms with Crippen LogP contribution in [0.4, 0.5) is 5.95 Å². The van der Waals surface area contributed by atoms with E-state index in [1.165, 1.54) is 0 Å². The van der Waals surface area contributed by atoms with E-state index in [9.17, 15) is 4.79 Å². The van der Waals surface area contributed by atoms with Crippen molar-refractivity contribution in [1.82, 2.24) is 19.4 Å².